The Morgan fingerprint density at radius 3 is 2.52 bits per heavy atom. The Labute approximate surface area is 132 Å². The second kappa shape index (κ2) is 6.12. The summed E-state index contributed by atoms with van der Waals surface area (Å²) in [5.41, 5.74) is 1.81. The first-order chi connectivity index (χ1) is 10.2. The number of amides is 1. The molecule has 0 spiro atoms. The van der Waals surface area contributed by atoms with Crippen molar-refractivity contribution >= 4 is 34.5 Å². The topological polar surface area (TPSA) is 29.1 Å². The molecule has 0 saturated heterocycles. The van der Waals surface area contributed by atoms with Crippen LogP contribution in [0.1, 0.15) is 9.67 Å². The highest BCUT2D eigenvalue weighted by molar-refractivity contribution is 7.17. The first kappa shape index (κ1) is 13.9. The van der Waals surface area contributed by atoms with Crippen LogP contribution in [0.4, 0.5) is 5.69 Å². The summed E-state index contributed by atoms with van der Waals surface area (Å²) in [6, 6.07) is 20.9. The Bertz CT molecular complexity index is 767. The maximum Gasteiger partial charge on any atom is 0.265 e. The lowest BCUT2D eigenvalue weighted by atomic mass is 10.2. The zero-order chi connectivity index (χ0) is 14.7. The molecule has 0 aliphatic rings. The molecule has 104 valence electrons. The van der Waals surface area contributed by atoms with Gasteiger partial charge in [-0.2, -0.15) is 0 Å². The van der Waals surface area contributed by atoms with Crippen LogP contribution in [0.25, 0.3) is 10.4 Å². The molecule has 1 N–H and O–H groups in total. The highest BCUT2D eigenvalue weighted by Crippen LogP contribution is 2.28. The summed E-state index contributed by atoms with van der Waals surface area (Å²) in [5.74, 6) is -0.121. The second-order valence-electron chi connectivity index (χ2n) is 4.49. The molecule has 0 atom stereocenters. The molecule has 1 amide bonds. The van der Waals surface area contributed by atoms with Gasteiger partial charge in [0.15, 0.2) is 0 Å². The van der Waals surface area contributed by atoms with E-state index in [1.165, 1.54) is 11.3 Å². The fourth-order valence-electron chi connectivity index (χ4n) is 1.98. The van der Waals surface area contributed by atoms with Crippen molar-refractivity contribution in [1.29, 1.82) is 0 Å². The van der Waals surface area contributed by atoms with E-state index in [1.54, 1.807) is 12.1 Å². The standard InChI is InChI=1S/C17H12ClNOS/c18-13-7-4-8-14(11-13)19-17(20)16-10-9-15(21-16)12-5-2-1-3-6-12/h1-11H,(H,19,20). The molecule has 0 unspecified atom stereocenters. The third-order valence-corrected chi connectivity index (χ3v) is 4.34. The van der Waals surface area contributed by atoms with Gasteiger partial charge in [-0.3, -0.25) is 4.79 Å². The first-order valence-electron chi connectivity index (χ1n) is 6.44. The molecule has 2 nitrogen and oxygen atoms in total. The molecule has 0 saturated carbocycles. The van der Waals surface area contributed by atoms with Gasteiger partial charge in [-0.1, -0.05) is 48.0 Å². The van der Waals surface area contributed by atoms with Crippen LogP contribution < -0.4 is 5.32 Å². The summed E-state index contributed by atoms with van der Waals surface area (Å²) in [6.07, 6.45) is 0. The van der Waals surface area contributed by atoms with Gasteiger partial charge in [0.1, 0.15) is 0 Å². The molecule has 0 bridgehead atoms. The highest BCUT2D eigenvalue weighted by atomic mass is 35.5. The van der Waals surface area contributed by atoms with Gasteiger partial charge >= 0.3 is 0 Å². The summed E-state index contributed by atoms with van der Waals surface area (Å²) >= 11 is 7.38. The maximum atomic E-state index is 12.2. The van der Waals surface area contributed by atoms with Crippen molar-refractivity contribution in [2.45, 2.75) is 0 Å². The number of halogens is 1. The lowest BCUT2D eigenvalue weighted by molar-refractivity contribution is 0.103. The smallest absolute Gasteiger partial charge is 0.265 e. The van der Waals surface area contributed by atoms with Crippen molar-refractivity contribution in [2.24, 2.45) is 0 Å². The third-order valence-electron chi connectivity index (χ3n) is 2.97. The number of anilines is 1. The van der Waals surface area contributed by atoms with Gasteiger partial charge in [0, 0.05) is 15.6 Å². The van der Waals surface area contributed by atoms with Gasteiger partial charge in [0.2, 0.25) is 0 Å². The summed E-state index contributed by atoms with van der Waals surface area (Å²) in [6.45, 7) is 0. The van der Waals surface area contributed by atoms with Crippen LogP contribution in [-0.4, -0.2) is 5.91 Å². The predicted molar refractivity (Wildman–Crippen MR) is 89.2 cm³/mol. The Hall–Kier alpha value is -2.10. The average molecular weight is 314 g/mol. The Morgan fingerprint density at radius 2 is 1.76 bits per heavy atom. The van der Waals surface area contributed by atoms with Crippen molar-refractivity contribution in [2.75, 3.05) is 5.32 Å². The van der Waals surface area contributed by atoms with Gasteiger partial charge in [0.05, 0.1) is 4.88 Å². The van der Waals surface area contributed by atoms with Gasteiger partial charge in [0.25, 0.3) is 5.91 Å². The van der Waals surface area contributed by atoms with Gasteiger partial charge in [-0.05, 0) is 35.9 Å². The summed E-state index contributed by atoms with van der Waals surface area (Å²) in [5, 5.41) is 3.45. The van der Waals surface area contributed by atoms with Crippen molar-refractivity contribution in [3.63, 3.8) is 0 Å². The van der Waals surface area contributed by atoms with E-state index in [2.05, 4.69) is 5.32 Å². The molecule has 1 heterocycles. The number of carbonyl (C=O) groups excluding carboxylic acids is 1. The fourth-order valence-corrected chi connectivity index (χ4v) is 3.07. The number of rotatable bonds is 3. The van der Waals surface area contributed by atoms with Crippen LogP contribution in [0.2, 0.25) is 5.02 Å². The average Bonchev–Trinajstić information content (AvgIpc) is 2.98. The zero-order valence-electron chi connectivity index (χ0n) is 11.0. The van der Waals surface area contributed by atoms with Crippen LogP contribution in [0.5, 0.6) is 0 Å². The number of carbonyl (C=O) groups is 1. The summed E-state index contributed by atoms with van der Waals surface area (Å²) in [4.78, 5) is 14.0. The van der Waals surface area contributed by atoms with Crippen LogP contribution in [0.3, 0.4) is 0 Å². The number of thiophene rings is 1. The molecule has 0 radical (unpaired) electrons. The molecule has 2 aromatic carbocycles. The van der Waals surface area contributed by atoms with Crippen LogP contribution in [0.15, 0.2) is 66.7 Å². The minimum absolute atomic E-state index is 0.121. The lowest BCUT2D eigenvalue weighted by Gasteiger charge is -2.03. The Morgan fingerprint density at radius 1 is 0.952 bits per heavy atom. The third kappa shape index (κ3) is 3.32. The molecular weight excluding hydrogens is 302 g/mol. The fraction of sp³-hybridized carbons (Fsp3) is 0. The number of hydrogen-bond donors (Lipinski definition) is 1. The minimum atomic E-state index is -0.121. The van der Waals surface area contributed by atoms with Gasteiger partial charge < -0.3 is 5.32 Å². The molecule has 3 aromatic rings. The number of benzene rings is 2. The van der Waals surface area contributed by atoms with E-state index in [1.807, 2.05) is 54.6 Å². The minimum Gasteiger partial charge on any atom is -0.321 e. The van der Waals surface area contributed by atoms with E-state index in [-0.39, 0.29) is 5.91 Å². The number of nitrogens with one attached hydrogen (secondary N) is 1. The van der Waals surface area contributed by atoms with Crippen LogP contribution in [0, 0.1) is 0 Å². The molecule has 21 heavy (non-hydrogen) atoms. The van der Waals surface area contributed by atoms with Crippen molar-refractivity contribution in [3.8, 4) is 10.4 Å². The second-order valence-corrected chi connectivity index (χ2v) is 6.01. The van der Waals surface area contributed by atoms with Crippen molar-refractivity contribution in [1.82, 2.24) is 0 Å². The van der Waals surface area contributed by atoms with E-state index in [9.17, 15) is 4.79 Å². The summed E-state index contributed by atoms with van der Waals surface area (Å²) in [7, 11) is 0. The lowest BCUT2D eigenvalue weighted by Crippen LogP contribution is -2.09. The van der Waals surface area contributed by atoms with Crippen LogP contribution in [-0.2, 0) is 0 Å². The summed E-state index contributed by atoms with van der Waals surface area (Å²) < 4.78 is 0. The van der Waals surface area contributed by atoms with Crippen molar-refractivity contribution < 1.29 is 4.79 Å². The van der Waals surface area contributed by atoms with Crippen LogP contribution >= 0.6 is 22.9 Å². The van der Waals surface area contributed by atoms with E-state index in [4.69, 9.17) is 11.6 Å². The molecule has 0 fully saturated rings. The van der Waals surface area contributed by atoms with E-state index >= 15 is 0 Å². The maximum absolute atomic E-state index is 12.2. The number of hydrogen-bond acceptors (Lipinski definition) is 2. The van der Waals surface area contributed by atoms with E-state index < -0.39 is 0 Å². The van der Waals surface area contributed by atoms with Gasteiger partial charge in [-0.25, -0.2) is 0 Å². The van der Waals surface area contributed by atoms with Crippen molar-refractivity contribution in [3.05, 3.63) is 76.6 Å². The molecule has 4 heteroatoms. The highest BCUT2D eigenvalue weighted by Gasteiger charge is 2.10. The van der Waals surface area contributed by atoms with Gasteiger partial charge in [-0.15, -0.1) is 11.3 Å². The largest absolute Gasteiger partial charge is 0.321 e. The Kier molecular flexibility index (Phi) is 4.04. The monoisotopic (exact) mass is 313 g/mol. The normalized spacial score (nSPS) is 10.3. The Balaban J connectivity index is 1.78. The molecule has 0 aliphatic carbocycles. The SMILES string of the molecule is O=C(Nc1cccc(Cl)c1)c1ccc(-c2ccccc2)s1. The quantitative estimate of drug-likeness (QED) is 0.696. The molecule has 3 rings (SSSR count). The molecular formula is C17H12ClNOS. The zero-order valence-corrected chi connectivity index (χ0v) is 12.6. The van der Waals surface area contributed by atoms with E-state index in [0.29, 0.717) is 15.6 Å². The first-order valence-corrected chi connectivity index (χ1v) is 7.64. The van der Waals surface area contributed by atoms with E-state index in [0.717, 1.165) is 10.4 Å². The molecule has 0 aliphatic heterocycles. The molecule has 1 aromatic heterocycles. The predicted octanol–water partition coefficient (Wildman–Crippen LogP) is 5.32.